The Bertz CT molecular complexity index is 2680. The van der Waals surface area contributed by atoms with Gasteiger partial charge in [0.1, 0.15) is 0 Å². The van der Waals surface area contributed by atoms with E-state index >= 15 is 0 Å². The van der Waals surface area contributed by atoms with Crippen molar-refractivity contribution in [1.29, 1.82) is 0 Å². The topological polar surface area (TPSA) is 0 Å². The smallest absolute Gasteiger partial charge is 0.00926 e. The van der Waals surface area contributed by atoms with Gasteiger partial charge in [0, 0.05) is 0 Å². The summed E-state index contributed by atoms with van der Waals surface area (Å²) in [5.74, 6) is 0. The molecule has 0 nitrogen and oxygen atoms in total. The van der Waals surface area contributed by atoms with E-state index in [1.165, 1.54) is 98.0 Å². The van der Waals surface area contributed by atoms with Crippen LogP contribution in [0, 0.1) is 0 Å². The summed E-state index contributed by atoms with van der Waals surface area (Å²) >= 11 is 0. The van der Waals surface area contributed by atoms with Crippen LogP contribution in [0.2, 0.25) is 0 Å². The first kappa shape index (κ1) is 26.9. The summed E-state index contributed by atoms with van der Waals surface area (Å²) in [7, 11) is 0. The molecule has 222 valence electrons. The highest BCUT2D eigenvalue weighted by Crippen LogP contribution is 2.45. The lowest BCUT2D eigenvalue weighted by Crippen LogP contribution is -1.91. The minimum atomic E-state index is 1.25. The van der Waals surface area contributed by atoms with E-state index in [1.54, 1.807) is 0 Å². The Morgan fingerprint density at radius 3 is 0.750 bits per heavy atom. The molecule has 0 bridgehead atoms. The Hall–Kier alpha value is -6.24. The second kappa shape index (κ2) is 10.7. The summed E-state index contributed by atoms with van der Waals surface area (Å²) in [4.78, 5) is 0. The largest absolute Gasteiger partial charge is 0.0616 e. The fourth-order valence-corrected chi connectivity index (χ4v) is 7.92. The molecule has 0 spiro atoms. The van der Waals surface area contributed by atoms with Gasteiger partial charge in [-0.2, -0.15) is 0 Å². The summed E-state index contributed by atoms with van der Waals surface area (Å²) in [5, 5.41) is 15.2. The molecule has 0 N–H and O–H groups in total. The van der Waals surface area contributed by atoms with Crippen LogP contribution in [0.3, 0.4) is 0 Å². The summed E-state index contributed by atoms with van der Waals surface area (Å²) in [5.41, 5.74) is 7.56. The van der Waals surface area contributed by atoms with E-state index in [4.69, 9.17) is 0 Å². The SMILES string of the molecule is c1ccc2cc3c(-c4ccc(-c5cccc6ccccc56)c5cc6ccccc6cc45)ccc(-c4cccc5ccccc45)c3cc2c1. The zero-order valence-electron chi connectivity index (χ0n) is 26.3. The number of rotatable bonds is 3. The van der Waals surface area contributed by atoms with E-state index in [-0.39, 0.29) is 0 Å². The van der Waals surface area contributed by atoms with Crippen LogP contribution in [-0.4, -0.2) is 0 Å². The van der Waals surface area contributed by atoms with Crippen molar-refractivity contribution < 1.29 is 0 Å². The second-order valence-electron chi connectivity index (χ2n) is 12.9. The predicted molar refractivity (Wildman–Crippen MR) is 208 cm³/mol. The van der Waals surface area contributed by atoms with Gasteiger partial charge in [-0.25, -0.2) is 0 Å². The average molecular weight is 607 g/mol. The van der Waals surface area contributed by atoms with Crippen LogP contribution in [0.25, 0.3) is 98.0 Å². The van der Waals surface area contributed by atoms with Gasteiger partial charge in [0.05, 0.1) is 0 Å². The van der Waals surface area contributed by atoms with E-state index in [9.17, 15) is 0 Å². The standard InChI is InChI=1S/C48H30/c1-3-15-35-29-47-43(25-23-41(45(47)27-33(35)13-1)39-21-9-17-31-11-5-7-19-37(31)39)44-26-24-42(40-22-10-18-32-12-6-8-20-38(32)40)46-28-34-14-2-4-16-36(34)30-48(44)46/h1-30H. The summed E-state index contributed by atoms with van der Waals surface area (Å²) < 4.78 is 0. The molecule has 0 aliphatic heterocycles. The fourth-order valence-electron chi connectivity index (χ4n) is 7.92. The van der Waals surface area contributed by atoms with Gasteiger partial charge in [-0.05, 0) is 122 Å². The molecule has 0 saturated carbocycles. The predicted octanol–water partition coefficient (Wildman–Crippen LogP) is 13.6. The summed E-state index contributed by atoms with van der Waals surface area (Å²) in [6, 6.07) is 67.3. The Balaban J connectivity index is 1.31. The Morgan fingerprint density at radius 2 is 0.417 bits per heavy atom. The molecule has 0 heteroatoms. The Labute approximate surface area is 279 Å². The lowest BCUT2D eigenvalue weighted by atomic mass is 9.85. The van der Waals surface area contributed by atoms with Crippen molar-refractivity contribution in [2.75, 3.05) is 0 Å². The van der Waals surface area contributed by atoms with E-state index in [2.05, 4.69) is 182 Å². The molecule has 0 radical (unpaired) electrons. The van der Waals surface area contributed by atoms with Crippen LogP contribution in [0.15, 0.2) is 182 Å². The number of hydrogen-bond acceptors (Lipinski definition) is 0. The Kier molecular flexibility index (Phi) is 5.98. The molecule has 0 amide bonds. The van der Waals surface area contributed by atoms with Crippen LogP contribution < -0.4 is 0 Å². The Morgan fingerprint density at radius 1 is 0.167 bits per heavy atom. The molecule has 10 aromatic carbocycles. The third-order valence-electron chi connectivity index (χ3n) is 10.2. The van der Waals surface area contributed by atoms with E-state index < -0.39 is 0 Å². The van der Waals surface area contributed by atoms with Gasteiger partial charge in [-0.3, -0.25) is 0 Å². The number of hydrogen-bond donors (Lipinski definition) is 0. The molecule has 10 aromatic rings. The summed E-state index contributed by atoms with van der Waals surface area (Å²) in [6.07, 6.45) is 0. The molecule has 0 aliphatic carbocycles. The van der Waals surface area contributed by atoms with Crippen LogP contribution in [0.4, 0.5) is 0 Å². The monoisotopic (exact) mass is 606 g/mol. The highest BCUT2D eigenvalue weighted by molar-refractivity contribution is 6.19. The lowest BCUT2D eigenvalue weighted by Gasteiger charge is -2.18. The fraction of sp³-hybridized carbons (Fsp3) is 0. The molecule has 10 rings (SSSR count). The molecule has 0 aliphatic rings. The highest BCUT2D eigenvalue weighted by Gasteiger charge is 2.17. The van der Waals surface area contributed by atoms with Crippen molar-refractivity contribution in [2.45, 2.75) is 0 Å². The van der Waals surface area contributed by atoms with Crippen LogP contribution in [0.5, 0.6) is 0 Å². The second-order valence-corrected chi connectivity index (χ2v) is 12.9. The van der Waals surface area contributed by atoms with Crippen molar-refractivity contribution in [3.8, 4) is 33.4 Å². The normalized spacial score (nSPS) is 11.8. The van der Waals surface area contributed by atoms with Gasteiger partial charge in [0.2, 0.25) is 0 Å². The quantitative estimate of drug-likeness (QED) is 0.176. The highest BCUT2D eigenvalue weighted by atomic mass is 14.2. The maximum atomic E-state index is 2.40. The summed E-state index contributed by atoms with van der Waals surface area (Å²) in [6.45, 7) is 0. The zero-order chi connectivity index (χ0) is 31.6. The maximum absolute atomic E-state index is 2.40. The van der Waals surface area contributed by atoms with Gasteiger partial charge in [0.15, 0.2) is 0 Å². The third kappa shape index (κ3) is 4.16. The van der Waals surface area contributed by atoms with Gasteiger partial charge in [-0.1, -0.05) is 158 Å². The minimum Gasteiger partial charge on any atom is -0.0616 e. The third-order valence-corrected chi connectivity index (χ3v) is 10.2. The van der Waals surface area contributed by atoms with E-state index in [0.29, 0.717) is 0 Å². The molecule has 0 heterocycles. The van der Waals surface area contributed by atoms with E-state index in [0.717, 1.165) is 0 Å². The maximum Gasteiger partial charge on any atom is -0.00926 e. The lowest BCUT2D eigenvalue weighted by molar-refractivity contribution is 1.66. The average Bonchev–Trinajstić information content (AvgIpc) is 3.15. The first-order valence-electron chi connectivity index (χ1n) is 16.7. The molecule has 0 aromatic heterocycles. The van der Waals surface area contributed by atoms with Gasteiger partial charge >= 0.3 is 0 Å². The van der Waals surface area contributed by atoms with Crippen molar-refractivity contribution in [2.24, 2.45) is 0 Å². The molecular formula is C48H30. The molecular weight excluding hydrogens is 577 g/mol. The molecule has 0 fully saturated rings. The van der Waals surface area contributed by atoms with Crippen molar-refractivity contribution in [3.05, 3.63) is 182 Å². The van der Waals surface area contributed by atoms with Gasteiger partial charge in [0.25, 0.3) is 0 Å². The molecule has 48 heavy (non-hydrogen) atoms. The zero-order valence-corrected chi connectivity index (χ0v) is 26.3. The number of benzene rings is 10. The van der Waals surface area contributed by atoms with E-state index in [1.807, 2.05) is 0 Å². The molecule has 0 atom stereocenters. The van der Waals surface area contributed by atoms with Gasteiger partial charge in [-0.15, -0.1) is 0 Å². The first-order valence-corrected chi connectivity index (χ1v) is 16.7. The van der Waals surface area contributed by atoms with Crippen molar-refractivity contribution >= 4 is 64.6 Å². The van der Waals surface area contributed by atoms with Crippen LogP contribution >= 0.6 is 0 Å². The van der Waals surface area contributed by atoms with Crippen molar-refractivity contribution in [1.82, 2.24) is 0 Å². The number of fused-ring (bicyclic) bond motifs is 6. The molecule has 0 unspecified atom stereocenters. The first-order chi connectivity index (χ1) is 23.8. The van der Waals surface area contributed by atoms with Crippen LogP contribution in [0.1, 0.15) is 0 Å². The van der Waals surface area contributed by atoms with Crippen LogP contribution in [-0.2, 0) is 0 Å². The minimum absolute atomic E-state index is 1.25. The van der Waals surface area contributed by atoms with Crippen molar-refractivity contribution in [3.63, 3.8) is 0 Å². The van der Waals surface area contributed by atoms with Gasteiger partial charge < -0.3 is 0 Å². The molecule has 0 saturated heterocycles.